The van der Waals surface area contributed by atoms with Gasteiger partial charge < -0.3 is 15.4 Å². The highest BCUT2D eigenvalue weighted by atomic mass is 19.1. The standard InChI is InChI=1S/C15H17FN2O/c1-18(15-13(16)7-4-8-14(15)17)10-11-5-3-6-12(9-11)19-2/h3-9H,10,17H2,1-2H3. The van der Waals surface area contributed by atoms with Crippen molar-refractivity contribution >= 4 is 11.4 Å². The van der Waals surface area contributed by atoms with Crippen LogP contribution in [0.1, 0.15) is 5.56 Å². The van der Waals surface area contributed by atoms with E-state index in [1.54, 1.807) is 24.1 Å². The van der Waals surface area contributed by atoms with Gasteiger partial charge in [-0.15, -0.1) is 0 Å². The largest absolute Gasteiger partial charge is 0.497 e. The fourth-order valence-corrected chi connectivity index (χ4v) is 2.06. The van der Waals surface area contributed by atoms with Crippen LogP contribution >= 0.6 is 0 Å². The summed E-state index contributed by atoms with van der Waals surface area (Å²) in [5.74, 6) is 0.470. The molecular weight excluding hydrogens is 243 g/mol. The first-order valence-corrected chi connectivity index (χ1v) is 6.00. The molecule has 0 unspecified atom stereocenters. The monoisotopic (exact) mass is 260 g/mol. The van der Waals surface area contributed by atoms with Crippen molar-refractivity contribution in [1.29, 1.82) is 0 Å². The van der Waals surface area contributed by atoms with Gasteiger partial charge in [-0.3, -0.25) is 0 Å². The van der Waals surface area contributed by atoms with Gasteiger partial charge >= 0.3 is 0 Å². The molecule has 3 nitrogen and oxygen atoms in total. The topological polar surface area (TPSA) is 38.5 Å². The lowest BCUT2D eigenvalue weighted by atomic mass is 10.2. The normalized spacial score (nSPS) is 10.3. The number of ether oxygens (including phenoxy) is 1. The molecule has 0 amide bonds. The molecule has 0 saturated carbocycles. The first kappa shape index (κ1) is 13.2. The Kier molecular flexibility index (Phi) is 3.90. The van der Waals surface area contributed by atoms with Crippen LogP contribution in [0.25, 0.3) is 0 Å². The first-order valence-electron chi connectivity index (χ1n) is 6.00. The summed E-state index contributed by atoms with van der Waals surface area (Å²) in [7, 11) is 3.44. The Labute approximate surface area is 112 Å². The summed E-state index contributed by atoms with van der Waals surface area (Å²) in [6.45, 7) is 0.558. The number of nitrogen functional groups attached to an aromatic ring is 1. The highest BCUT2D eigenvalue weighted by Crippen LogP contribution is 2.27. The van der Waals surface area contributed by atoms with Gasteiger partial charge in [0.25, 0.3) is 0 Å². The Balaban J connectivity index is 2.23. The second kappa shape index (κ2) is 5.61. The van der Waals surface area contributed by atoms with Crippen LogP contribution < -0.4 is 15.4 Å². The van der Waals surface area contributed by atoms with Gasteiger partial charge in [-0.2, -0.15) is 0 Å². The van der Waals surface area contributed by atoms with Gasteiger partial charge in [0.1, 0.15) is 11.6 Å². The summed E-state index contributed by atoms with van der Waals surface area (Å²) in [6.07, 6.45) is 0. The zero-order chi connectivity index (χ0) is 13.8. The van der Waals surface area contributed by atoms with Gasteiger partial charge in [-0.05, 0) is 29.8 Å². The van der Waals surface area contributed by atoms with E-state index in [0.29, 0.717) is 17.9 Å². The van der Waals surface area contributed by atoms with E-state index < -0.39 is 0 Å². The lowest BCUT2D eigenvalue weighted by Gasteiger charge is -2.22. The van der Waals surface area contributed by atoms with Crippen LogP contribution in [-0.4, -0.2) is 14.2 Å². The first-order chi connectivity index (χ1) is 9.11. The fourth-order valence-electron chi connectivity index (χ4n) is 2.06. The van der Waals surface area contributed by atoms with Crippen molar-refractivity contribution in [3.8, 4) is 5.75 Å². The Bertz CT molecular complexity index is 552. The van der Waals surface area contributed by atoms with E-state index in [1.807, 2.05) is 31.3 Å². The minimum atomic E-state index is -0.314. The molecule has 4 heteroatoms. The highest BCUT2D eigenvalue weighted by Gasteiger charge is 2.11. The third kappa shape index (κ3) is 2.96. The van der Waals surface area contributed by atoms with Crippen molar-refractivity contribution in [2.45, 2.75) is 6.54 Å². The molecule has 0 heterocycles. The molecule has 2 aromatic carbocycles. The van der Waals surface area contributed by atoms with Crippen molar-refractivity contribution in [1.82, 2.24) is 0 Å². The number of hydrogen-bond donors (Lipinski definition) is 1. The Morgan fingerprint density at radius 3 is 2.63 bits per heavy atom. The Hall–Kier alpha value is -2.23. The molecule has 0 aliphatic carbocycles. The molecule has 2 aromatic rings. The number of para-hydroxylation sites is 1. The molecule has 0 fully saturated rings. The minimum Gasteiger partial charge on any atom is -0.497 e. The van der Waals surface area contributed by atoms with Crippen molar-refractivity contribution in [3.05, 3.63) is 53.8 Å². The van der Waals surface area contributed by atoms with Gasteiger partial charge in [0, 0.05) is 13.6 Å². The van der Waals surface area contributed by atoms with E-state index in [0.717, 1.165) is 11.3 Å². The van der Waals surface area contributed by atoms with Crippen molar-refractivity contribution in [2.24, 2.45) is 0 Å². The van der Waals surface area contributed by atoms with Crippen LogP contribution in [0, 0.1) is 5.82 Å². The predicted octanol–water partition coefficient (Wildman–Crippen LogP) is 3.05. The van der Waals surface area contributed by atoms with Gasteiger partial charge in [0.2, 0.25) is 0 Å². The molecular formula is C15H17FN2O. The molecule has 0 radical (unpaired) electrons. The van der Waals surface area contributed by atoms with Crippen LogP contribution in [0.3, 0.4) is 0 Å². The zero-order valence-corrected chi connectivity index (χ0v) is 11.1. The lowest BCUT2D eigenvalue weighted by Crippen LogP contribution is -2.19. The molecule has 0 atom stereocenters. The zero-order valence-electron chi connectivity index (χ0n) is 11.1. The summed E-state index contributed by atoms with van der Waals surface area (Å²) in [4.78, 5) is 1.79. The number of rotatable bonds is 4. The molecule has 19 heavy (non-hydrogen) atoms. The molecule has 0 aliphatic heterocycles. The van der Waals surface area contributed by atoms with Crippen LogP contribution in [-0.2, 0) is 6.54 Å². The number of anilines is 2. The van der Waals surface area contributed by atoms with Crippen LogP contribution in [0.15, 0.2) is 42.5 Å². The molecule has 2 N–H and O–H groups in total. The van der Waals surface area contributed by atoms with Crippen LogP contribution in [0.2, 0.25) is 0 Å². The molecule has 2 rings (SSSR count). The van der Waals surface area contributed by atoms with Gasteiger partial charge in [-0.1, -0.05) is 18.2 Å². The van der Waals surface area contributed by atoms with Gasteiger partial charge in [-0.25, -0.2) is 4.39 Å². The summed E-state index contributed by atoms with van der Waals surface area (Å²) in [5, 5.41) is 0. The lowest BCUT2D eigenvalue weighted by molar-refractivity contribution is 0.414. The van der Waals surface area contributed by atoms with E-state index in [-0.39, 0.29) is 5.82 Å². The third-order valence-electron chi connectivity index (χ3n) is 2.95. The second-order valence-electron chi connectivity index (χ2n) is 4.39. The number of halogens is 1. The second-order valence-corrected chi connectivity index (χ2v) is 4.39. The Morgan fingerprint density at radius 2 is 1.95 bits per heavy atom. The van der Waals surface area contributed by atoms with Crippen molar-refractivity contribution in [3.63, 3.8) is 0 Å². The molecule has 0 bridgehead atoms. The maximum atomic E-state index is 13.8. The van der Waals surface area contributed by atoms with Crippen molar-refractivity contribution < 1.29 is 9.13 Å². The van der Waals surface area contributed by atoms with E-state index >= 15 is 0 Å². The predicted molar refractivity (Wildman–Crippen MR) is 75.9 cm³/mol. The van der Waals surface area contributed by atoms with E-state index in [9.17, 15) is 4.39 Å². The summed E-state index contributed by atoms with van der Waals surface area (Å²) < 4.78 is 19.0. The summed E-state index contributed by atoms with van der Waals surface area (Å²) >= 11 is 0. The molecule has 0 saturated heterocycles. The number of benzene rings is 2. The molecule has 100 valence electrons. The highest BCUT2D eigenvalue weighted by molar-refractivity contribution is 5.67. The maximum Gasteiger partial charge on any atom is 0.148 e. The Morgan fingerprint density at radius 1 is 1.21 bits per heavy atom. The summed E-state index contributed by atoms with van der Waals surface area (Å²) in [6, 6.07) is 12.4. The molecule has 0 aliphatic rings. The third-order valence-corrected chi connectivity index (χ3v) is 2.95. The van der Waals surface area contributed by atoms with Crippen LogP contribution in [0.4, 0.5) is 15.8 Å². The van der Waals surface area contributed by atoms with Crippen molar-refractivity contribution in [2.75, 3.05) is 24.8 Å². The smallest absolute Gasteiger partial charge is 0.148 e. The fraction of sp³-hybridized carbons (Fsp3) is 0.200. The van der Waals surface area contributed by atoms with Crippen LogP contribution in [0.5, 0.6) is 5.75 Å². The quantitative estimate of drug-likeness (QED) is 0.859. The SMILES string of the molecule is COc1cccc(CN(C)c2c(N)cccc2F)c1. The minimum absolute atomic E-state index is 0.314. The number of nitrogens with two attached hydrogens (primary N) is 1. The number of methoxy groups -OCH3 is 1. The average Bonchev–Trinajstić information content (AvgIpc) is 2.38. The molecule has 0 spiro atoms. The van der Waals surface area contributed by atoms with E-state index in [1.165, 1.54) is 6.07 Å². The van der Waals surface area contributed by atoms with E-state index in [2.05, 4.69) is 0 Å². The number of hydrogen-bond acceptors (Lipinski definition) is 3. The van der Waals surface area contributed by atoms with Gasteiger partial charge in [0.15, 0.2) is 0 Å². The summed E-state index contributed by atoms with van der Waals surface area (Å²) in [5.41, 5.74) is 7.71. The van der Waals surface area contributed by atoms with E-state index in [4.69, 9.17) is 10.5 Å². The molecule has 0 aromatic heterocycles. The average molecular weight is 260 g/mol. The van der Waals surface area contributed by atoms with Gasteiger partial charge in [0.05, 0.1) is 18.5 Å². The maximum absolute atomic E-state index is 13.8. The number of nitrogens with zero attached hydrogens (tertiary/aromatic N) is 1.